The van der Waals surface area contributed by atoms with E-state index in [0.29, 0.717) is 25.0 Å². The Morgan fingerprint density at radius 1 is 1.21 bits per heavy atom. The molecule has 0 aliphatic carbocycles. The minimum absolute atomic E-state index is 0.207. The maximum absolute atomic E-state index is 12.2. The molecule has 1 aliphatic rings. The third-order valence-electron chi connectivity index (χ3n) is 3.76. The van der Waals surface area contributed by atoms with Crippen LogP contribution in [0.1, 0.15) is 40.7 Å². The van der Waals surface area contributed by atoms with Crippen molar-refractivity contribution < 1.29 is 9.59 Å². The molecule has 1 aliphatic heterocycles. The highest BCUT2D eigenvalue weighted by molar-refractivity contribution is 5.97. The van der Waals surface area contributed by atoms with Crippen LogP contribution in [-0.2, 0) is 4.79 Å². The van der Waals surface area contributed by atoms with Crippen LogP contribution in [0.25, 0.3) is 0 Å². The lowest BCUT2D eigenvalue weighted by molar-refractivity contribution is -0.121. The molecule has 1 heterocycles. The van der Waals surface area contributed by atoms with E-state index in [4.69, 9.17) is 0 Å². The molecule has 0 N–H and O–H groups in total. The Balaban J connectivity index is 1.90. The molecule has 0 unspecified atom stereocenters. The molecule has 0 bridgehead atoms. The second-order valence-corrected chi connectivity index (χ2v) is 5.37. The number of carbonyl (C=O) groups excluding carboxylic acids is 2. The first-order valence-corrected chi connectivity index (χ1v) is 6.91. The lowest BCUT2D eigenvalue weighted by Gasteiger charge is -2.25. The van der Waals surface area contributed by atoms with E-state index in [1.54, 1.807) is 0 Å². The predicted octanol–water partition coefficient (Wildman–Crippen LogP) is 2.54. The molecule has 1 aromatic carbocycles. The Bertz CT molecular complexity index is 484. The zero-order valence-electron chi connectivity index (χ0n) is 11.7. The van der Waals surface area contributed by atoms with Gasteiger partial charge in [-0.05, 0) is 25.5 Å². The minimum Gasteiger partial charge on any atom is -0.302 e. The molecular weight excluding hydrogens is 238 g/mol. The summed E-state index contributed by atoms with van der Waals surface area (Å²) in [7, 11) is 0. The number of nitrogens with zero attached hydrogens (tertiary/aromatic N) is 1. The van der Waals surface area contributed by atoms with Crippen LogP contribution in [0, 0.1) is 13.8 Å². The summed E-state index contributed by atoms with van der Waals surface area (Å²) in [6.07, 6.45) is 1.81. The smallest absolute Gasteiger partial charge is 0.164 e. The molecule has 0 atom stereocenters. The van der Waals surface area contributed by atoms with Gasteiger partial charge in [0.15, 0.2) is 5.78 Å². The molecule has 2 rings (SSSR count). The van der Waals surface area contributed by atoms with Crippen molar-refractivity contribution >= 4 is 11.6 Å². The van der Waals surface area contributed by atoms with Gasteiger partial charge >= 0.3 is 0 Å². The van der Waals surface area contributed by atoms with Gasteiger partial charge in [-0.3, -0.25) is 9.59 Å². The van der Waals surface area contributed by atoms with E-state index in [1.165, 1.54) is 0 Å². The molecule has 0 spiro atoms. The van der Waals surface area contributed by atoms with Crippen molar-refractivity contribution in [3.63, 3.8) is 0 Å². The molecule has 3 nitrogen and oxygen atoms in total. The van der Waals surface area contributed by atoms with Crippen LogP contribution in [0.2, 0.25) is 0 Å². The average Bonchev–Trinajstić information content (AvgIpc) is 2.40. The number of Topliss-reactive ketones (excluding diaryl/α,β-unsaturated/α-hetero) is 2. The highest BCUT2D eigenvalue weighted by Crippen LogP contribution is 2.14. The van der Waals surface area contributed by atoms with Crippen LogP contribution < -0.4 is 0 Å². The van der Waals surface area contributed by atoms with E-state index >= 15 is 0 Å². The van der Waals surface area contributed by atoms with E-state index in [9.17, 15) is 9.59 Å². The number of hydrogen-bond donors (Lipinski definition) is 0. The van der Waals surface area contributed by atoms with Gasteiger partial charge in [0.25, 0.3) is 0 Å². The van der Waals surface area contributed by atoms with Crippen LogP contribution in [0.15, 0.2) is 18.2 Å². The SMILES string of the molecule is Cc1ccc(C)c(C(=O)CCN2CCC(=O)CC2)c1. The number of hydrogen-bond acceptors (Lipinski definition) is 3. The molecule has 1 saturated heterocycles. The summed E-state index contributed by atoms with van der Waals surface area (Å²) in [6, 6.07) is 6.00. The van der Waals surface area contributed by atoms with E-state index in [0.717, 1.165) is 36.3 Å². The maximum atomic E-state index is 12.2. The third-order valence-corrected chi connectivity index (χ3v) is 3.76. The van der Waals surface area contributed by atoms with Gasteiger partial charge in [-0.1, -0.05) is 17.7 Å². The van der Waals surface area contributed by atoms with E-state index in [1.807, 2.05) is 32.0 Å². The average molecular weight is 259 g/mol. The lowest BCUT2D eigenvalue weighted by atomic mass is 10.00. The predicted molar refractivity (Wildman–Crippen MR) is 75.5 cm³/mol. The van der Waals surface area contributed by atoms with Crippen molar-refractivity contribution in [2.45, 2.75) is 33.1 Å². The molecule has 1 aromatic rings. The van der Waals surface area contributed by atoms with Crippen LogP contribution >= 0.6 is 0 Å². The topological polar surface area (TPSA) is 37.4 Å². The zero-order valence-corrected chi connectivity index (χ0v) is 11.7. The van der Waals surface area contributed by atoms with Gasteiger partial charge in [-0.15, -0.1) is 0 Å². The van der Waals surface area contributed by atoms with E-state index in [-0.39, 0.29) is 5.78 Å². The molecule has 0 amide bonds. The fraction of sp³-hybridized carbons (Fsp3) is 0.500. The number of ketones is 2. The van der Waals surface area contributed by atoms with Gasteiger partial charge < -0.3 is 4.90 Å². The van der Waals surface area contributed by atoms with E-state index in [2.05, 4.69) is 4.90 Å². The Morgan fingerprint density at radius 2 is 1.89 bits per heavy atom. The molecular formula is C16H21NO2. The van der Waals surface area contributed by atoms with Gasteiger partial charge in [-0.2, -0.15) is 0 Å². The Labute approximate surface area is 114 Å². The monoisotopic (exact) mass is 259 g/mol. The van der Waals surface area contributed by atoms with Crippen molar-refractivity contribution in [1.29, 1.82) is 0 Å². The highest BCUT2D eigenvalue weighted by atomic mass is 16.1. The van der Waals surface area contributed by atoms with Crippen molar-refractivity contribution in [2.24, 2.45) is 0 Å². The summed E-state index contributed by atoms with van der Waals surface area (Å²) in [6.45, 7) is 6.36. The van der Waals surface area contributed by atoms with Crippen molar-refractivity contribution in [1.82, 2.24) is 4.90 Å². The Morgan fingerprint density at radius 3 is 2.58 bits per heavy atom. The summed E-state index contributed by atoms with van der Waals surface area (Å²) in [5, 5.41) is 0. The number of likely N-dealkylation sites (tertiary alicyclic amines) is 1. The number of rotatable bonds is 4. The number of benzene rings is 1. The van der Waals surface area contributed by atoms with Crippen LogP contribution in [-0.4, -0.2) is 36.1 Å². The number of carbonyl (C=O) groups is 2. The summed E-state index contributed by atoms with van der Waals surface area (Å²) in [5.74, 6) is 0.551. The molecule has 0 radical (unpaired) electrons. The van der Waals surface area contributed by atoms with Crippen LogP contribution in [0.5, 0.6) is 0 Å². The first kappa shape index (κ1) is 13.9. The third kappa shape index (κ3) is 3.74. The van der Waals surface area contributed by atoms with E-state index < -0.39 is 0 Å². The molecule has 0 saturated carbocycles. The Kier molecular flexibility index (Phi) is 4.48. The fourth-order valence-electron chi connectivity index (χ4n) is 2.46. The van der Waals surface area contributed by atoms with Crippen molar-refractivity contribution in [3.8, 4) is 0 Å². The van der Waals surface area contributed by atoms with Crippen molar-refractivity contribution in [2.75, 3.05) is 19.6 Å². The lowest BCUT2D eigenvalue weighted by Crippen LogP contribution is -2.35. The Hall–Kier alpha value is -1.48. The minimum atomic E-state index is 0.207. The summed E-state index contributed by atoms with van der Waals surface area (Å²) < 4.78 is 0. The van der Waals surface area contributed by atoms with Gasteiger partial charge in [0.1, 0.15) is 5.78 Å². The summed E-state index contributed by atoms with van der Waals surface area (Å²) >= 11 is 0. The zero-order chi connectivity index (χ0) is 13.8. The van der Waals surface area contributed by atoms with Crippen LogP contribution in [0.3, 0.4) is 0 Å². The number of piperidine rings is 1. The standard InChI is InChI=1S/C16H21NO2/c1-12-3-4-13(2)15(11-12)16(19)7-10-17-8-5-14(18)6-9-17/h3-4,11H,5-10H2,1-2H3. The first-order chi connectivity index (χ1) is 9.06. The molecule has 1 fully saturated rings. The summed E-state index contributed by atoms with van der Waals surface area (Å²) in [4.78, 5) is 25.6. The normalized spacial score (nSPS) is 16.6. The quantitative estimate of drug-likeness (QED) is 0.780. The fourth-order valence-corrected chi connectivity index (χ4v) is 2.46. The van der Waals surface area contributed by atoms with Crippen LogP contribution in [0.4, 0.5) is 0 Å². The van der Waals surface area contributed by atoms with Gasteiger partial charge in [0.2, 0.25) is 0 Å². The van der Waals surface area contributed by atoms with Gasteiger partial charge in [-0.25, -0.2) is 0 Å². The highest BCUT2D eigenvalue weighted by Gasteiger charge is 2.17. The largest absolute Gasteiger partial charge is 0.302 e. The molecule has 102 valence electrons. The molecule has 3 heteroatoms. The first-order valence-electron chi connectivity index (χ1n) is 6.91. The molecule has 19 heavy (non-hydrogen) atoms. The second kappa shape index (κ2) is 6.11. The summed E-state index contributed by atoms with van der Waals surface area (Å²) in [5.41, 5.74) is 3.01. The number of aryl methyl sites for hydroxylation is 2. The maximum Gasteiger partial charge on any atom is 0.164 e. The van der Waals surface area contributed by atoms with Gasteiger partial charge in [0, 0.05) is 44.5 Å². The molecule has 0 aromatic heterocycles. The second-order valence-electron chi connectivity index (χ2n) is 5.37. The van der Waals surface area contributed by atoms with Crippen molar-refractivity contribution in [3.05, 3.63) is 34.9 Å². The van der Waals surface area contributed by atoms with Gasteiger partial charge in [0.05, 0.1) is 0 Å².